The van der Waals surface area contributed by atoms with Crippen molar-refractivity contribution in [3.8, 4) is 11.8 Å². The van der Waals surface area contributed by atoms with Gasteiger partial charge in [-0.25, -0.2) is 4.79 Å². The Balaban J connectivity index is 2.18. The Morgan fingerprint density at radius 3 is 2.21 bits per heavy atom. The predicted molar refractivity (Wildman–Crippen MR) is 118 cm³/mol. The maximum Gasteiger partial charge on any atom is 0.508 e. The molecule has 2 aromatic rings. The van der Waals surface area contributed by atoms with Crippen LogP contribution in [0.15, 0.2) is 60.7 Å². The minimum Gasteiger partial charge on any atom is -0.435 e. The minimum atomic E-state index is -1.81. The second kappa shape index (κ2) is 11.4. The number of hydrogen-bond acceptors (Lipinski definition) is 4. The molecule has 0 heterocycles. The number of carbonyl (C=O) groups is 1. The summed E-state index contributed by atoms with van der Waals surface area (Å²) in [5.74, 6) is 6.61. The summed E-state index contributed by atoms with van der Waals surface area (Å²) in [4.78, 5) is 12.1. The fraction of sp³-hybridized carbons (Fsp3) is 0.375. The van der Waals surface area contributed by atoms with E-state index in [1.807, 2.05) is 60.7 Å². The van der Waals surface area contributed by atoms with Gasteiger partial charge in [-0.05, 0) is 24.6 Å². The molecule has 0 aliphatic rings. The van der Waals surface area contributed by atoms with Crippen LogP contribution in [0.1, 0.15) is 18.1 Å². The molecule has 4 nitrogen and oxygen atoms in total. The molecular weight excluding hydrogens is 380 g/mol. The first kappa shape index (κ1) is 22.7. The lowest BCUT2D eigenvalue weighted by Gasteiger charge is -2.31. The fourth-order valence-corrected chi connectivity index (χ4v) is 4.68. The van der Waals surface area contributed by atoms with E-state index in [0.29, 0.717) is 6.61 Å². The number of carbonyl (C=O) groups excluding carboxylic acids is 1. The lowest BCUT2D eigenvalue weighted by molar-refractivity contribution is -0.0171. The summed E-state index contributed by atoms with van der Waals surface area (Å²) < 4.78 is 16.6. The van der Waals surface area contributed by atoms with Gasteiger partial charge < -0.3 is 14.2 Å². The molecular formula is C24H30O4Si. The summed E-state index contributed by atoms with van der Waals surface area (Å²) in [5.41, 5.74) is 1.92. The van der Waals surface area contributed by atoms with E-state index in [-0.39, 0.29) is 18.8 Å². The van der Waals surface area contributed by atoms with E-state index < -0.39 is 20.3 Å². The molecule has 0 spiro atoms. The van der Waals surface area contributed by atoms with Gasteiger partial charge in [-0.2, -0.15) is 0 Å². The average Bonchev–Trinajstić information content (AvgIpc) is 2.68. The Kier molecular flexibility index (Phi) is 8.97. The highest BCUT2D eigenvalue weighted by Gasteiger charge is 2.35. The first-order valence-electron chi connectivity index (χ1n) is 9.92. The van der Waals surface area contributed by atoms with Crippen LogP contribution in [0.3, 0.4) is 0 Å². The summed E-state index contributed by atoms with van der Waals surface area (Å²) in [5, 5.41) is 0. The van der Waals surface area contributed by atoms with E-state index in [1.54, 1.807) is 6.92 Å². The average molecular weight is 411 g/mol. The van der Waals surface area contributed by atoms with E-state index >= 15 is 0 Å². The molecule has 0 aliphatic heterocycles. The van der Waals surface area contributed by atoms with E-state index in [1.165, 1.54) is 0 Å². The fourth-order valence-electron chi connectivity index (χ4n) is 2.89. The summed E-state index contributed by atoms with van der Waals surface area (Å²) in [6.07, 6.45) is -1.16. The number of ether oxygens (including phenoxy) is 3. The standard InChI is InChI=1S/C24H30O4Si/c1-5-27-24(25)28-22(19-26-18-21-14-10-7-11-15-21)23(29(2,3)4)17-16-20-12-8-6-9-13-20/h6-15,22-23H,5,18-19H2,1-4H3/t22-,23-/m0/s1. The Labute approximate surface area is 175 Å². The van der Waals surface area contributed by atoms with Crippen LogP contribution < -0.4 is 0 Å². The largest absolute Gasteiger partial charge is 0.508 e. The molecule has 0 unspecified atom stereocenters. The monoisotopic (exact) mass is 410 g/mol. The van der Waals surface area contributed by atoms with Crippen LogP contribution in [0.25, 0.3) is 0 Å². The third-order valence-corrected chi connectivity index (χ3v) is 6.74. The summed E-state index contributed by atoms with van der Waals surface area (Å²) in [6, 6.07) is 19.8. The first-order chi connectivity index (χ1) is 13.9. The van der Waals surface area contributed by atoms with E-state index in [2.05, 4.69) is 31.5 Å². The lowest BCUT2D eigenvalue weighted by Crippen LogP contribution is -2.40. The number of rotatable bonds is 8. The molecule has 0 aliphatic carbocycles. The zero-order chi connectivity index (χ0) is 21.1. The van der Waals surface area contributed by atoms with Crippen molar-refractivity contribution in [2.75, 3.05) is 13.2 Å². The summed E-state index contributed by atoms with van der Waals surface area (Å²) in [7, 11) is -1.81. The van der Waals surface area contributed by atoms with Crippen LogP contribution in [0, 0.1) is 11.8 Å². The molecule has 0 saturated heterocycles. The quantitative estimate of drug-likeness (QED) is 0.327. The van der Waals surface area contributed by atoms with Crippen molar-refractivity contribution in [2.24, 2.45) is 0 Å². The number of hydrogen-bond donors (Lipinski definition) is 0. The molecule has 0 fully saturated rings. The summed E-state index contributed by atoms with van der Waals surface area (Å²) >= 11 is 0. The number of benzene rings is 2. The highest BCUT2D eigenvalue weighted by Crippen LogP contribution is 2.28. The third kappa shape index (κ3) is 8.14. The molecule has 0 N–H and O–H groups in total. The van der Waals surface area contributed by atoms with Crippen molar-refractivity contribution >= 4 is 14.2 Å². The van der Waals surface area contributed by atoms with Gasteiger partial charge in [-0.15, -0.1) is 0 Å². The normalized spacial score (nSPS) is 13.0. The Morgan fingerprint density at radius 1 is 1.00 bits per heavy atom. The second-order valence-electron chi connectivity index (χ2n) is 7.82. The predicted octanol–water partition coefficient (Wildman–Crippen LogP) is 5.51. The van der Waals surface area contributed by atoms with E-state index in [0.717, 1.165) is 11.1 Å². The van der Waals surface area contributed by atoms with Gasteiger partial charge in [0.15, 0.2) is 0 Å². The molecule has 0 saturated carbocycles. The zero-order valence-corrected chi connectivity index (χ0v) is 18.7. The highest BCUT2D eigenvalue weighted by atomic mass is 28.3. The molecule has 0 aromatic heterocycles. The molecule has 0 bridgehead atoms. The van der Waals surface area contributed by atoms with Gasteiger partial charge in [0.1, 0.15) is 6.10 Å². The summed E-state index contributed by atoms with van der Waals surface area (Å²) in [6.45, 7) is 9.40. The lowest BCUT2D eigenvalue weighted by atomic mass is 10.2. The van der Waals surface area contributed by atoms with Gasteiger partial charge in [-0.3, -0.25) is 0 Å². The van der Waals surface area contributed by atoms with Gasteiger partial charge >= 0.3 is 6.16 Å². The molecule has 2 atom stereocenters. The van der Waals surface area contributed by atoms with Crippen LogP contribution >= 0.6 is 0 Å². The molecule has 5 heteroatoms. The third-order valence-electron chi connectivity index (χ3n) is 4.35. The van der Waals surface area contributed by atoms with Crippen molar-refractivity contribution in [2.45, 2.75) is 44.8 Å². The smallest absolute Gasteiger partial charge is 0.435 e. The molecule has 29 heavy (non-hydrogen) atoms. The molecule has 154 valence electrons. The van der Waals surface area contributed by atoms with Crippen molar-refractivity contribution in [3.05, 3.63) is 71.8 Å². The van der Waals surface area contributed by atoms with Gasteiger partial charge in [-0.1, -0.05) is 80.0 Å². The highest BCUT2D eigenvalue weighted by molar-refractivity contribution is 6.78. The van der Waals surface area contributed by atoms with Gasteiger partial charge in [0.05, 0.1) is 33.4 Å². The first-order valence-corrected chi connectivity index (χ1v) is 13.5. The van der Waals surface area contributed by atoms with Crippen LogP contribution in [-0.4, -0.2) is 33.5 Å². The Hall–Kier alpha value is -2.55. The zero-order valence-electron chi connectivity index (χ0n) is 17.7. The molecule has 0 radical (unpaired) electrons. The van der Waals surface area contributed by atoms with E-state index in [9.17, 15) is 4.79 Å². The van der Waals surface area contributed by atoms with Crippen LogP contribution in [0.4, 0.5) is 4.79 Å². The van der Waals surface area contributed by atoms with Gasteiger partial charge in [0, 0.05) is 5.56 Å². The minimum absolute atomic E-state index is 0.0946. The van der Waals surface area contributed by atoms with Crippen molar-refractivity contribution in [1.29, 1.82) is 0 Å². The maximum atomic E-state index is 12.1. The van der Waals surface area contributed by atoms with Crippen LogP contribution in [-0.2, 0) is 20.8 Å². The van der Waals surface area contributed by atoms with Gasteiger partial charge in [0.2, 0.25) is 0 Å². The van der Waals surface area contributed by atoms with Crippen LogP contribution in [0.2, 0.25) is 25.2 Å². The molecule has 0 amide bonds. The van der Waals surface area contributed by atoms with Crippen LogP contribution in [0.5, 0.6) is 0 Å². The van der Waals surface area contributed by atoms with Crippen molar-refractivity contribution in [1.82, 2.24) is 0 Å². The maximum absolute atomic E-state index is 12.1. The van der Waals surface area contributed by atoms with E-state index in [4.69, 9.17) is 14.2 Å². The SMILES string of the molecule is CCOC(=O)O[C@@H](COCc1ccccc1)[C@H](C#Cc1ccccc1)[Si](C)(C)C. The Morgan fingerprint density at radius 2 is 1.62 bits per heavy atom. The Bertz CT molecular complexity index is 804. The molecule has 2 rings (SSSR count). The second-order valence-corrected chi connectivity index (χ2v) is 13.2. The topological polar surface area (TPSA) is 44.8 Å². The van der Waals surface area contributed by atoms with Crippen molar-refractivity contribution < 1.29 is 19.0 Å². The molecule has 2 aromatic carbocycles. The van der Waals surface area contributed by atoms with Gasteiger partial charge in [0.25, 0.3) is 0 Å². The van der Waals surface area contributed by atoms with Crippen molar-refractivity contribution in [3.63, 3.8) is 0 Å².